The van der Waals surface area contributed by atoms with Gasteiger partial charge in [-0.3, -0.25) is 9.48 Å². The van der Waals surface area contributed by atoms with Crippen molar-refractivity contribution in [2.45, 2.75) is 0 Å². The van der Waals surface area contributed by atoms with Crippen molar-refractivity contribution in [3.8, 4) is 0 Å². The van der Waals surface area contributed by atoms with Crippen molar-refractivity contribution in [3.63, 3.8) is 0 Å². The molecule has 0 bridgehead atoms. The van der Waals surface area contributed by atoms with Crippen LogP contribution in [0.4, 0.5) is 5.69 Å². The van der Waals surface area contributed by atoms with Gasteiger partial charge >= 0.3 is 0 Å². The summed E-state index contributed by atoms with van der Waals surface area (Å²) in [5, 5.41) is 3.73. The summed E-state index contributed by atoms with van der Waals surface area (Å²) in [5.74, 6) is -0.558. The first kappa shape index (κ1) is 9.77. The molecule has 1 amide bonds. The summed E-state index contributed by atoms with van der Waals surface area (Å²) < 4.78 is 1.34. The van der Waals surface area contributed by atoms with Gasteiger partial charge in [-0.2, -0.15) is 5.10 Å². The molecule has 0 aliphatic heterocycles. The fraction of sp³-hybridized carbons (Fsp3) is 0.200. The number of aromatic nitrogens is 2. The van der Waals surface area contributed by atoms with Gasteiger partial charge in [0.2, 0.25) is 0 Å². The van der Waals surface area contributed by atoms with E-state index in [1.807, 2.05) is 0 Å². The zero-order chi connectivity index (χ0) is 7.72. The molecule has 6 heteroatoms. The summed E-state index contributed by atoms with van der Waals surface area (Å²) in [6.07, 6.45) is 1.39. The summed E-state index contributed by atoms with van der Waals surface area (Å²) in [6.45, 7) is 0. The number of hydrogen-bond donors (Lipinski definition) is 2. The monoisotopic (exact) mass is 176 g/mol. The first-order valence-corrected chi connectivity index (χ1v) is 2.70. The van der Waals surface area contributed by atoms with Gasteiger partial charge in [0.05, 0.1) is 11.9 Å². The Morgan fingerprint density at radius 2 is 2.27 bits per heavy atom. The van der Waals surface area contributed by atoms with E-state index in [-0.39, 0.29) is 18.1 Å². The van der Waals surface area contributed by atoms with E-state index < -0.39 is 5.91 Å². The van der Waals surface area contributed by atoms with Crippen molar-refractivity contribution < 1.29 is 4.79 Å². The summed E-state index contributed by atoms with van der Waals surface area (Å²) in [7, 11) is 1.61. The Morgan fingerprint density at radius 3 is 2.45 bits per heavy atom. The fourth-order valence-corrected chi connectivity index (χ4v) is 0.756. The number of carbonyl (C=O) groups is 1. The van der Waals surface area contributed by atoms with Crippen LogP contribution in [0.5, 0.6) is 0 Å². The van der Waals surface area contributed by atoms with Gasteiger partial charge in [-0.25, -0.2) is 0 Å². The van der Waals surface area contributed by atoms with E-state index in [1.165, 1.54) is 10.9 Å². The Bertz CT molecular complexity index is 250. The lowest BCUT2D eigenvalue weighted by atomic mass is 10.3. The topological polar surface area (TPSA) is 86.9 Å². The molecule has 5 nitrogen and oxygen atoms in total. The lowest BCUT2D eigenvalue weighted by molar-refractivity contribution is 0.0992. The Labute approximate surface area is 69.8 Å². The van der Waals surface area contributed by atoms with Crippen LogP contribution in [-0.2, 0) is 7.05 Å². The molecule has 0 spiro atoms. The molecule has 0 saturated carbocycles. The minimum Gasteiger partial charge on any atom is -0.396 e. The molecule has 0 unspecified atom stereocenters. The Balaban J connectivity index is 0.000001000. The second-order valence-electron chi connectivity index (χ2n) is 1.94. The van der Waals surface area contributed by atoms with E-state index in [2.05, 4.69) is 5.10 Å². The van der Waals surface area contributed by atoms with Gasteiger partial charge < -0.3 is 11.5 Å². The molecule has 0 saturated heterocycles. The quantitative estimate of drug-likeness (QED) is 0.606. The minimum atomic E-state index is -0.558. The average Bonchev–Trinajstić information content (AvgIpc) is 2.11. The second-order valence-corrected chi connectivity index (χ2v) is 1.94. The highest BCUT2D eigenvalue weighted by atomic mass is 35.5. The van der Waals surface area contributed by atoms with E-state index in [9.17, 15) is 4.79 Å². The van der Waals surface area contributed by atoms with Crippen LogP contribution in [0.15, 0.2) is 6.20 Å². The molecule has 4 N–H and O–H groups in total. The zero-order valence-electron chi connectivity index (χ0n) is 5.94. The standard InChI is InChI=1S/C5H8N4O.ClH/c1-9-4(5(7)10)3(6)2-8-9;/h2H,6H2,1H3,(H2,7,10);1H. The predicted octanol–water partition coefficient (Wildman–Crippen LogP) is -0.477. The van der Waals surface area contributed by atoms with Crippen molar-refractivity contribution >= 4 is 24.0 Å². The lowest BCUT2D eigenvalue weighted by Crippen LogP contribution is -2.17. The first-order chi connectivity index (χ1) is 4.63. The van der Waals surface area contributed by atoms with E-state index in [4.69, 9.17) is 11.5 Å². The summed E-state index contributed by atoms with van der Waals surface area (Å²) in [4.78, 5) is 10.6. The number of hydrogen-bond acceptors (Lipinski definition) is 3. The number of carbonyl (C=O) groups excluding carboxylic acids is 1. The largest absolute Gasteiger partial charge is 0.396 e. The molecular weight excluding hydrogens is 168 g/mol. The normalized spacial score (nSPS) is 8.82. The van der Waals surface area contributed by atoms with Crippen LogP contribution < -0.4 is 11.5 Å². The first-order valence-electron chi connectivity index (χ1n) is 2.70. The van der Waals surface area contributed by atoms with Gasteiger partial charge in [-0.05, 0) is 0 Å². The van der Waals surface area contributed by atoms with Crippen LogP contribution in [0.3, 0.4) is 0 Å². The maximum Gasteiger partial charge on any atom is 0.269 e. The number of anilines is 1. The molecule has 0 atom stereocenters. The second kappa shape index (κ2) is 3.25. The number of rotatable bonds is 1. The van der Waals surface area contributed by atoms with Gasteiger partial charge in [0, 0.05) is 7.05 Å². The fourth-order valence-electron chi connectivity index (χ4n) is 0.756. The van der Waals surface area contributed by atoms with E-state index >= 15 is 0 Å². The predicted molar refractivity (Wildman–Crippen MR) is 43.4 cm³/mol. The Kier molecular flexibility index (Phi) is 2.88. The molecule has 0 fully saturated rings. The van der Waals surface area contributed by atoms with Crippen molar-refractivity contribution in [1.29, 1.82) is 0 Å². The van der Waals surface area contributed by atoms with Gasteiger partial charge in [-0.15, -0.1) is 12.4 Å². The Hall–Kier alpha value is -1.23. The van der Waals surface area contributed by atoms with Crippen molar-refractivity contribution in [2.75, 3.05) is 5.73 Å². The smallest absolute Gasteiger partial charge is 0.269 e. The summed E-state index contributed by atoms with van der Waals surface area (Å²) in [5.41, 5.74) is 10.9. The number of halogens is 1. The minimum absolute atomic E-state index is 0. The molecule has 1 rings (SSSR count). The van der Waals surface area contributed by atoms with Crippen molar-refractivity contribution in [2.24, 2.45) is 12.8 Å². The van der Waals surface area contributed by atoms with Crippen LogP contribution in [-0.4, -0.2) is 15.7 Å². The van der Waals surface area contributed by atoms with Crippen LogP contribution in [0.25, 0.3) is 0 Å². The number of nitrogen functional groups attached to an aromatic ring is 1. The summed E-state index contributed by atoms with van der Waals surface area (Å²) >= 11 is 0. The van der Waals surface area contributed by atoms with Crippen LogP contribution in [0.1, 0.15) is 10.5 Å². The highest BCUT2D eigenvalue weighted by Gasteiger charge is 2.09. The van der Waals surface area contributed by atoms with Gasteiger partial charge in [0.15, 0.2) is 0 Å². The van der Waals surface area contributed by atoms with Crippen LogP contribution in [0.2, 0.25) is 0 Å². The molecule has 1 heterocycles. The summed E-state index contributed by atoms with van der Waals surface area (Å²) in [6, 6.07) is 0. The van der Waals surface area contributed by atoms with E-state index in [0.29, 0.717) is 5.69 Å². The third-order valence-electron chi connectivity index (χ3n) is 1.20. The zero-order valence-corrected chi connectivity index (χ0v) is 6.76. The number of nitrogens with two attached hydrogens (primary N) is 2. The molecule has 0 radical (unpaired) electrons. The third kappa shape index (κ3) is 1.62. The number of primary amides is 1. The number of nitrogens with zero attached hydrogens (tertiary/aromatic N) is 2. The molecule has 0 aromatic carbocycles. The molecule has 11 heavy (non-hydrogen) atoms. The average molecular weight is 177 g/mol. The van der Waals surface area contributed by atoms with Gasteiger partial charge in [0.1, 0.15) is 5.69 Å². The molecule has 62 valence electrons. The Morgan fingerprint density at radius 1 is 1.73 bits per heavy atom. The van der Waals surface area contributed by atoms with Crippen LogP contribution >= 0.6 is 12.4 Å². The highest BCUT2D eigenvalue weighted by Crippen LogP contribution is 2.06. The third-order valence-corrected chi connectivity index (χ3v) is 1.20. The van der Waals surface area contributed by atoms with Crippen molar-refractivity contribution in [1.82, 2.24) is 9.78 Å². The maximum atomic E-state index is 10.6. The molecule has 1 aromatic heterocycles. The number of amides is 1. The van der Waals surface area contributed by atoms with E-state index in [1.54, 1.807) is 7.05 Å². The molecule has 0 aliphatic rings. The van der Waals surface area contributed by atoms with Crippen molar-refractivity contribution in [3.05, 3.63) is 11.9 Å². The van der Waals surface area contributed by atoms with E-state index in [0.717, 1.165) is 0 Å². The number of aryl methyl sites for hydroxylation is 1. The molecular formula is C5H9ClN4O. The molecule has 0 aliphatic carbocycles. The van der Waals surface area contributed by atoms with Crippen LogP contribution in [0, 0.1) is 0 Å². The highest BCUT2D eigenvalue weighted by molar-refractivity contribution is 5.95. The lowest BCUT2D eigenvalue weighted by Gasteiger charge is -1.95. The maximum absolute atomic E-state index is 10.6. The van der Waals surface area contributed by atoms with Gasteiger partial charge in [0.25, 0.3) is 5.91 Å². The molecule has 1 aromatic rings. The SMILES string of the molecule is Cl.Cn1ncc(N)c1C(N)=O. The van der Waals surface area contributed by atoms with Gasteiger partial charge in [-0.1, -0.05) is 0 Å².